The molecule has 1 aromatic carbocycles. The second-order valence-electron chi connectivity index (χ2n) is 5.31. The first-order chi connectivity index (χ1) is 9.69. The van der Waals surface area contributed by atoms with E-state index in [-0.39, 0.29) is 0 Å². The van der Waals surface area contributed by atoms with Gasteiger partial charge < -0.3 is 4.57 Å². The Bertz CT molecular complexity index is 585. The van der Waals surface area contributed by atoms with E-state index >= 15 is 0 Å². The molecule has 2 rings (SSSR count). The Balaban J connectivity index is 2.50. The molecular weight excluding hydrogens is 266 g/mol. The molecular formula is C16H23N3S. The van der Waals surface area contributed by atoms with E-state index < -0.39 is 0 Å². The van der Waals surface area contributed by atoms with E-state index in [4.69, 9.17) is 12.2 Å². The van der Waals surface area contributed by atoms with Gasteiger partial charge in [-0.25, -0.2) is 0 Å². The van der Waals surface area contributed by atoms with Crippen molar-refractivity contribution in [3.8, 4) is 0 Å². The van der Waals surface area contributed by atoms with Gasteiger partial charge in [0.05, 0.1) is 0 Å². The van der Waals surface area contributed by atoms with E-state index in [1.54, 1.807) is 0 Å². The first-order valence-electron chi connectivity index (χ1n) is 7.39. The highest BCUT2D eigenvalue weighted by Crippen LogP contribution is 2.32. The second-order valence-corrected chi connectivity index (χ2v) is 5.70. The average molecular weight is 289 g/mol. The lowest BCUT2D eigenvalue weighted by Gasteiger charge is -2.23. The van der Waals surface area contributed by atoms with Crippen LogP contribution in [0.25, 0.3) is 0 Å². The molecule has 1 aromatic heterocycles. The van der Waals surface area contributed by atoms with Gasteiger partial charge in [-0.15, -0.1) is 0 Å². The Kier molecular flexibility index (Phi) is 5.12. The predicted octanol–water partition coefficient (Wildman–Crippen LogP) is 4.53. The lowest BCUT2D eigenvalue weighted by molar-refractivity contribution is 0.457. The van der Waals surface area contributed by atoms with E-state index in [1.807, 2.05) is 0 Å². The summed E-state index contributed by atoms with van der Waals surface area (Å²) < 4.78 is 2.88. The summed E-state index contributed by atoms with van der Waals surface area (Å²) in [5.41, 5.74) is 1.31. The Hall–Kier alpha value is -1.42. The van der Waals surface area contributed by atoms with Crippen molar-refractivity contribution in [1.29, 1.82) is 0 Å². The van der Waals surface area contributed by atoms with Crippen LogP contribution in [0.5, 0.6) is 0 Å². The van der Waals surface area contributed by atoms with Crippen molar-refractivity contribution in [2.24, 2.45) is 5.92 Å². The molecule has 108 valence electrons. The Morgan fingerprint density at radius 2 is 1.95 bits per heavy atom. The normalized spacial score (nSPS) is 14.2. The minimum atomic E-state index is 0.292. The van der Waals surface area contributed by atoms with Gasteiger partial charge in [0, 0.05) is 12.5 Å². The molecule has 0 saturated heterocycles. The highest BCUT2D eigenvalue weighted by atomic mass is 32.1. The molecule has 0 radical (unpaired) electrons. The molecule has 1 N–H and O–H groups in total. The molecule has 0 amide bonds. The maximum atomic E-state index is 5.38. The fourth-order valence-corrected chi connectivity index (χ4v) is 2.87. The van der Waals surface area contributed by atoms with Crippen molar-refractivity contribution in [2.45, 2.75) is 46.1 Å². The minimum absolute atomic E-state index is 0.292. The van der Waals surface area contributed by atoms with E-state index in [0.29, 0.717) is 11.8 Å². The summed E-state index contributed by atoms with van der Waals surface area (Å²) in [5.74, 6) is 1.89. The van der Waals surface area contributed by atoms with Crippen molar-refractivity contribution in [2.75, 3.05) is 0 Å². The first kappa shape index (κ1) is 15.0. The number of rotatable bonds is 6. The summed E-state index contributed by atoms with van der Waals surface area (Å²) >= 11 is 5.38. The lowest BCUT2D eigenvalue weighted by Crippen LogP contribution is -2.17. The van der Waals surface area contributed by atoms with Crippen molar-refractivity contribution in [1.82, 2.24) is 14.8 Å². The second kappa shape index (κ2) is 6.84. The maximum absolute atomic E-state index is 5.38. The first-order valence-corrected chi connectivity index (χ1v) is 7.79. The van der Waals surface area contributed by atoms with Crippen LogP contribution >= 0.6 is 12.2 Å². The smallest absolute Gasteiger partial charge is 0.195 e. The molecule has 0 saturated carbocycles. The van der Waals surface area contributed by atoms with Crippen LogP contribution in [0.15, 0.2) is 30.3 Å². The predicted molar refractivity (Wildman–Crippen MR) is 85.4 cm³/mol. The van der Waals surface area contributed by atoms with Crippen LogP contribution in [-0.4, -0.2) is 14.8 Å². The third-order valence-electron chi connectivity index (χ3n) is 3.88. The van der Waals surface area contributed by atoms with Crippen LogP contribution in [0.1, 0.15) is 50.9 Å². The van der Waals surface area contributed by atoms with Gasteiger partial charge in [0.25, 0.3) is 0 Å². The monoisotopic (exact) mass is 289 g/mol. The number of benzene rings is 1. The van der Waals surface area contributed by atoms with Crippen LogP contribution < -0.4 is 0 Å². The Labute approximate surface area is 126 Å². The number of H-pyrrole nitrogens is 1. The number of aromatic amines is 1. The van der Waals surface area contributed by atoms with Crippen LogP contribution in [0.4, 0.5) is 0 Å². The molecule has 0 aliphatic rings. The van der Waals surface area contributed by atoms with Gasteiger partial charge in [0.15, 0.2) is 4.77 Å². The molecule has 2 atom stereocenters. The van der Waals surface area contributed by atoms with Crippen molar-refractivity contribution >= 4 is 12.2 Å². The number of nitrogens with zero attached hydrogens (tertiary/aromatic N) is 2. The van der Waals surface area contributed by atoms with Gasteiger partial charge >= 0.3 is 0 Å². The number of hydrogen-bond donors (Lipinski definition) is 1. The lowest BCUT2D eigenvalue weighted by atomic mass is 9.85. The van der Waals surface area contributed by atoms with Crippen LogP contribution in [0, 0.1) is 10.7 Å². The van der Waals surface area contributed by atoms with E-state index in [0.717, 1.165) is 30.0 Å². The third-order valence-corrected chi connectivity index (χ3v) is 4.20. The molecule has 20 heavy (non-hydrogen) atoms. The largest absolute Gasteiger partial charge is 0.304 e. The summed E-state index contributed by atoms with van der Waals surface area (Å²) in [6, 6.07) is 10.6. The number of aromatic nitrogens is 3. The molecule has 0 fully saturated rings. The average Bonchev–Trinajstić information content (AvgIpc) is 2.82. The maximum Gasteiger partial charge on any atom is 0.195 e. The van der Waals surface area contributed by atoms with E-state index in [9.17, 15) is 0 Å². The standard InChI is InChI=1S/C16H23N3S/c1-4-11-19-15(17-18-16(19)20)14(12(3)5-2)13-9-7-6-8-10-13/h6-10,12,14H,4-5,11H2,1-3H3,(H,18,20). The van der Waals surface area contributed by atoms with Crippen molar-refractivity contribution in [3.63, 3.8) is 0 Å². The van der Waals surface area contributed by atoms with Gasteiger partial charge in [-0.1, -0.05) is 57.5 Å². The molecule has 2 unspecified atom stereocenters. The molecule has 0 spiro atoms. The van der Waals surface area contributed by atoms with Gasteiger partial charge in [0.2, 0.25) is 0 Å². The molecule has 0 bridgehead atoms. The zero-order valence-electron chi connectivity index (χ0n) is 12.5. The van der Waals surface area contributed by atoms with E-state index in [1.165, 1.54) is 5.56 Å². The molecule has 4 heteroatoms. The molecule has 0 aliphatic heterocycles. The number of nitrogens with one attached hydrogen (secondary N) is 1. The van der Waals surface area contributed by atoms with Crippen molar-refractivity contribution < 1.29 is 0 Å². The minimum Gasteiger partial charge on any atom is -0.304 e. The summed E-state index contributed by atoms with van der Waals surface area (Å²) in [5, 5.41) is 7.49. The quantitative estimate of drug-likeness (QED) is 0.793. The highest BCUT2D eigenvalue weighted by molar-refractivity contribution is 7.71. The molecule has 1 heterocycles. The molecule has 3 nitrogen and oxygen atoms in total. The Morgan fingerprint density at radius 1 is 1.25 bits per heavy atom. The zero-order valence-corrected chi connectivity index (χ0v) is 13.3. The molecule has 2 aromatic rings. The topological polar surface area (TPSA) is 33.6 Å². The summed E-state index contributed by atoms with van der Waals surface area (Å²) in [7, 11) is 0. The van der Waals surface area contributed by atoms with Crippen LogP contribution in [-0.2, 0) is 6.54 Å². The highest BCUT2D eigenvalue weighted by Gasteiger charge is 2.25. The summed E-state index contributed by atoms with van der Waals surface area (Å²) in [4.78, 5) is 0. The summed E-state index contributed by atoms with van der Waals surface area (Å²) in [6.07, 6.45) is 2.17. The zero-order chi connectivity index (χ0) is 14.5. The van der Waals surface area contributed by atoms with Gasteiger partial charge in [-0.3, -0.25) is 5.10 Å². The van der Waals surface area contributed by atoms with Crippen LogP contribution in [0.2, 0.25) is 0 Å². The van der Waals surface area contributed by atoms with Crippen LogP contribution in [0.3, 0.4) is 0 Å². The SMILES string of the molecule is CCCn1c(C(c2ccccc2)C(C)CC)n[nH]c1=S. The summed E-state index contributed by atoms with van der Waals surface area (Å²) in [6.45, 7) is 7.60. The van der Waals surface area contributed by atoms with Gasteiger partial charge in [-0.2, -0.15) is 5.10 Å². The Morgan fingerprint density at radius 3 is 2.55 bits per heavy atom. The fourth-order valence-electron chi connectivity index (χ4n) is 2.64. The third kappa shape index (κ3) is 3.01. The van der Waals surface area contributed by atoms with E-state index in [2.05, 4.69) is 65.9 Å². The van der Waals surface area contributed by atoms with Gasteiger partial charge in [-0.05, 0) is 30.1 Å². The fraction of sp³-hybridized carbons (Fsp3) is 0.500. The number of hydrogen-bond acceptors (Lipinski definition) is 2. The molecule has 0 aliphatic carbocycles. The van der Waals surface area contributed by atoms with Gasteiger partial charge in [0.1, 0.15) is 5.82 Å². The van der Waals surface area contributed by atoms with Crippen molar-refractivity contribution in [3.05, 3.63) is 46.5 Å².